The first-order valence-electron chi connectivity index (χ1n) is 7.70. The molecule has 0 bridgehead atoms. The molecular weight excluding hydrogens is 367 g/mol. The Morgan fingerprint density at radius 3 is 2.96 bits per heavy atom. The van der Waals surface area contributed by atoms with Crippen LogP contribution in [-0.4, -0.2) is 45.9 Å². The van der Waals surface area contributed by atoms with E-state index >= 15 is 0 Å². The van der Waals surface area contributed by atoms with Gasteiger partial charge in [0.05, 0.1) is 12.6 Å². The van der Waals surface area contributed by atoms with E-state index in [2.05, 4.69) is 15.7 Å². The third kappa shape index (κ3) is 4.12. The number of aliphatic hydroxyl groups is 1. The van der Waals surface area contributed by atoms with Crippen molar-refractivity contribution in [1.29, 1.82) is 0 Å². The lowest BCUT2D eigenvalue weighted by atomic mass is 10.1. The molecule has 0 saturated heterocycles. The number of aromatic nitrogens is 2. The molecule has 1 aliphatic heterocycles. The maximum Gasteiger partial charge on any atom is 0.271 e. The maximum atomic E-state index is 12.2. The summed E-state index contributed by atoms with van der Waals surface area (Å²) >= 11 is 11.9. The second-order valence-electron chi connectivity index (χ2n) is 5.70. The number of hydrogen-bond donors (Lipinski definition) is 3. The van der Waals surface area contributed by atoms with E-state index in [1.807, 2.05) is 0 Å². The average Bonchev–Trinajstić information content (AvgIpc) is 2.93. The second kappa shape index (κ2) is 7.43. The Bertz CT molecular complexity index is 822. The summed E-state index contributed by atoms with van der Waals surface area (Å²) in [6.07, 6.45) is -0.206. The van der Waals surface area contributed by atoms with Gasteiger partial charge < -0.3 is 15.7 Å². The van der Waals surface area contributed by atoms with Crippen molar-refractivity contribution in [3.05, 3.63) is 51.3 Å². The van der Waals surface area contributed by atoms with Gasteiger partial charge in [0.1, 0.15) is 5.69 Å². The number of amides is 2. The highest BCUT2D eigenvalue weighted by molar-refractivity contribution is 6.35. The Labute approximate surface area is 153 Å². The van der Waals surface area contributed by atoms with Crippen molar-refractivity contribution in [2.24, 2.45) is 0 Å². The molecule has 2 aromatic rings. The largest absolute Gasteiger partial charge is 0.389 e. The molecule has 3 N–H and O–H groups in total. The minimum atomic E-state index is -0.743. The molecule has 2 amide bonds. The van der Waals surface area contributed by atoms with E-state index in [1.165, 1.54) is 10.7 Å². The van der Waals surface area contributed by atoms with Crippen LogP contribution in [-0.2, 0) is 13.0 Å². The number of rotatable bonds is 4. The van der Waals surface area contributed by atoms with Gasteiger partial charge in [-0.2, -0.15) is 5.10 Å². The summed E-state index contributed by atoms with van der Waals surface area (Å²) in [5.74, 6) is -0.760. The summed E-state index contributed by atoms with van der Waals surface area (Å²) in [4.78, 5) is 24.1. The zero-order valence-corrected chi connectivity index (χ0v) is 14.6. The summed E-state index contributed by atoms with van der Waals surface area (Å²) in [5.41, 5.74) is 1.25. The molecule has 1 atom stereocenters. The van der Waals surface area contributed by atoms with Crippen LogP contribution in [0.4, 0.5) is 0 Å². The van der Waals surface area contributed by atoms with Gasteiger partial charge in [-0.05, 0) is 24.1 Å². The first-order chi connectivity index (χ1) is 11.9. The molecule has 7 nitrogen and oxygen atoms in total. The molecule has 132 valence electrons. The van der Waals surface area contributed by atoms with Crippen LogP contribution < -0.4 is 10.6 Å². The fraction of sp³-hybridized carbons (Fsp3) is 0.312. The number of hydrogen-bond acceptors (Lipinski definition) is 4. The van der Waals surface area contributed by atoms with Crippen LogP contribution in [0.3, 0.4) is 0 Å². The standard InChI is InChI=1S/C16H16Cl2N4O3/c17-10-2-1-9(12(18)5-10)3-4-19-15(24)13-6-14-16(25)20-7-11(23)8-22(14)21-13/h1-2,5-6,11,23H,3-4,7-8H2,(H,19,24)(H,20,25). The number of carbonyl (C=O) groups excluding carboxylic acids is 2. The second-order valence-corrected chi connectivity index (χ2v) is 6.55. The number of halogens is 2. The van der Waals surface area contributed by atoms with Gasteiger partial charge in [-0.1, -0.05) is 29.3 Å². The maximum absolute atomic E-state index is 12.2. The number of fused-ring (bicyclic) bond motifs is 1. The molecule has 1 aromatic heterocycles. The van der Waals surface area contributed by atoms with E-state index in [0.29, 0.717) is 23.0 Å². The van der Waals surface area contributed by atoms with Gasteiger partial charge in [-0.15, -0.1) is 0 Å². The van der Waals surface area contributed by atoms with Crippen molar-refractivity contribution in [2.75, 3.05) is 13.1 Å². The number of carbonyl (C=O) groups is 2. The average molecular weight is 383 g/mol. The normalized spacial score (nSPS) is 16.8. The Morgan fingerprint density at radius 2 is 2.20 bits per heavy atom. The quantitative estimate of drug-likeness (QED) is 0.741. The van der Waals surface area contributed by atoms with Crippen molar-refractivity contribution < 1.29 is 14.7 Å². The fourth-order valence-electron chi connectivity index (χ4n) is 2.54. The summed E-state index contributed by atoms with van der Waals surface area (Å²) in [6, 6.07) is 6.61. The molecule has 0 radical (unpaired) electrons. The summed E-state index contributed by atoms with van der Waals surface area (Å²) < 4.78 is 1.35. The van der Waals surface area contributed by atoms with Crippen molar-refractivity contribution in [1.82, 2.24) is 20.4 Å². The topological polar surface area (TPSA) is 96.2 Å². The minimum Gasteiger partial charge on any atom is -0.389 e. The van der Waals surface area contributed by atoms with E-state index in [1.54, 1.807) is 18.2 Å². The van der Waals surface area contributed by atoms with E-state index in [9.17, 15) is 14.7 Å². The smallest absolute Gasteiger partial charge is 0.271 e. The van der Waals surface area contributed by atoms with Crippen LogP contribution in [0.5, 0.6) is 0 Å². The molecule has 25 heavy (non-hydrogen) atoms. The van der Waals surface area contributed by atoms with Crippen LogP contribution in [0.1, 0.15) is 26.5 Å². The predicted octanol–water partition coefficient (Wildman–Crippen LogP) is 1.27. The fourth-order valence-corrected chi connectivity index (χ4v) is 3.04. The molecule has 0 fully saturated rings. The van der Waals surface area contributed by atoms with E-state index in [4.69, 9.17) is 23.2 Å². The molecule has 2 heterocycles. The first-order valence-corrected chi connectivity index (χ1v) is 8.46. The molecule has 1 aliphatic rings. The third-order valence-electron chi connectivity index (χ3n) is 3.82. The summed E-state index contributed by atoms with van der Waals surface area (Å²) in [7, 11) is 0. The van der Waals surface area contributed by atoms with Crippen LogP contribution >= 0.6 is 23.2 Å². The number of β-amino-alcohol motifs (C(OH)–C–C–N with tert-alkyl or cyclic N) is 1. The highest BCUT2D eigenvalue weighted by Gasteiger charge is 2.24. The summed E-state index contributed by atoms with van der Waals surface area (Å²) in [6.45, 7) is 0.671. The van der Waals surface area contributed by atoms with Crippen LogP contribution in [0.15, 0.2) is 24.3 Å². The molecule has 0 saturated carbocycles. The monoisotopic (exact) mass is 382 g/mol. The van der Waals surface area contributed by atoms with Gasteiger partial charge >= 0.3 is 0 Å². The van der Waals surface area contributed by atoms with Gasteiger partial charge in [-0.3, -0.25) is 14.3 Å². The molecule has 1 aromatic carbocycles. The Morgan fingerprint density at radius 1 is 1.40 bits per heavy atom. The number of nitrogens with zero attached hydrogens (tertiary/aromatic N) is 2. The SMILES string of the molecule is O=C(NCCc1ccc(Cl)cc1Cl)c1cc2n(n1)CC(O)CNC2=O. The van der Waals surface area contributed by atoms with Gasteiger partial charge in [0.25, 0.3) is 11.8 Å². The molecular formula is C16H16Cl2N4O3. The molecule has 1 unspecified atom stereocenters. The summed E-state index contributed by atoms with van der Waals surface area (Å²) in [5, 5.41) is 20.2. The highest BCUT2D eigenvalue weighted by atomic mass is 35.5. The number of benzene rings is 1. The van der Waals surface area contributed by atoms with Gasteiger partial charge in [0, 0.05) is 29.2 Å². The minimum absolute atomic E-state index is 0.126. The molecule has 3 rings (SSSR count). The number of nitrogens with one attached hydrogen (secondary N) is 2. The zero-order chi connectivity index (χ0) is 18.0. The van der Waals surface area contributed by atoms with E-state index in [0.717, 1.165) is 5.56 Å². The Balaban J connectivity index is 1.63. The predicted molar refractivity (Wildman–Crippen MR) is 93.1 cm³/mol. The first kappa shape index (κ1) is 17.7. The van der Waals surface area contributed by atoms with Gasteiger partial charge in [-0.25, -0.2) is 0 Å². The van der Waals surface area contributed by atoms with Gasteiger partial charge in [0.15, 0.2) is 5.69 Å². The Hall–Kier alpha value is -2.09. The van der Waals surface area contributed by atoms with Crippen LogP contribution in [0, 0.1) is 0 Å². The third-order valence-corrected chi connectivity index (χ3v) is 4.41. The highest BCUT2D eigenvalue weighted by Crippen LogP contribution is 2.21. The van der Waals surface area contributed by atoms with Crippen molar-refractivity contribution in [3.8, 4) is 0 Å². The lowest BCUT2D eigenvalue weighted by Crippen LogP contribution is -2.30. The lowest BCUT2D eigenvalue weighted by Gasteiger charge is -2.07. The van der Waals surface area contributed by atoms with Gasteiger partial charge in [0.2, 0.25) is 0 Å². The van der Waals surface area contributed by atoms with E-state index < -0.39 is 12.0 Å². The molecule has 0 spiro atoms. The number of aliphatic hydroxyl groups excluding tert-OH is 1. The van der Waals surface area contributed by atoms with Crippen LogP contribution in [0.25, 0.3) is 0 Å². The van der Waals surface area contributed by atoms with E-state index in [-0.39, 0.29) is 30.4 Å². The van der Waals surface area contributed by atoms with Crippen LogP contribution in [0.2, 0.25) is 10.0 Å². The molecule has 9 heteroatoms. The van der Waals surface area contributed by atoms with Crippen molar-refractivity contribution in [3.63, 3.8) is 0 Å². The Kier molecular flexibility index (Phi) is 5.27. The molecule has 0 aliphatic carbocycles. The zero-order valence-electron chi connectivity index (χ0n) is 13.1. The van der Waals surface area contributed by atoms with Crippen molar-refractivity contribution in [2.45, 2.75) is 19.1 Å². The van der Waals surface area contributed by atoms with Crippen molar-refractivity contribution >= 4 is 35.0 Å². The lowest BCUT2D eigenvalue weighted by molar-refractivity contribution is 0.0931.